The molecule has 0 radical (unpaired) electrons. The quantitative estimate of drug-likeness (QED) is 0.208. The fourth-order valence-electron chi connectivity index (χ4n) is 10.9. The first-order valence-corrected chi connectivity index (χ1v) is 21.3. The SMILES string of the molecule is CC1CC23C[C@H]2N2C(=O)c4c(O)c(=O)c(C(=O)NCc5ccc(F)cc5F)cn4C[C@@H]2O[C@H]13.CC1C[C@@H]2C[C@H]1O[C@H]1Cn3cc(C(=O)NCc4ccc(F)cc4F)c(=O)c(O)c3C(=O)N21. The molecule has 65 heavy (non-hydrogen) atoms. The van der Waals surface area contributed by atoms with Crippen molar-refractivity contribution in [2.45, 2.75) is 102 Å². The second kappa shape index (κ2) is 15.3. The molecule has 1 spiro atoms. The van der Waals surface area contributed by atoms with Crippen LogP contribution in [0.5, 0.6) is 11.5 Å². The maximum atomic E-state index is 13.8. The average molecular weight is 903 g/mol. The van der Waals surface area contributed by atoms with E-state index in [1.54, 1.807) is 9.80 Å². The Hall–Kier alpha value is -6.54. The Morgan fingerprint density at radius 3 is 1.72 bits per heavy atom. The third-order valence-corrected chi connectivity index (χ3v) is 14.1. The monoisotopic (exact) mass is 902 g/mol. The molecule has 2 aromatic heterocycles. The number of fused-ring (bicyclic) bond motifs is 8. The molecule has 340 valence electrons. The van der Waals surface area contributed by atoms with Crippen LogP contribution in [0, 0.1) is 40.5 Å². The Labute approximate surface area is 366 Å². The highest BCUT2D eigenvalue weighted by Crippen LogP contribution is 2.69. The first kappa shape index (κ1) is 42.4. The standard InChI is InChI=1S/C23H21F2N3O5.C22H21F2N3O5/c1-10-5-23-6-15(23)28-16(33-20(10)23)9-27-8-13(18(29)19(30)17(27)22(28)32)21(31)26-7-11-2-3-12(24)4-14(11)25;1-10-4-13-6-16(10)32-17-9-26-8-14(19(28)20(29)18(26)22(31)27(13)17)21(30)25-7-11-2-3-12(23)5-15(11)24/h2-4,8,10,15-16,20,30H,5-7,9H2,1H3,(H,26,31);2-3,5,8,10,13,16-17,29H,4,6-7,9H2,1H3,(H,25,30)/t10?,15-,16+,20-,23?;10?,13-,16-,17+/m11/s1. The van der Waals surface area contributed by atoms with E-state index >= 15 is 0 Å². The van der Waals surface area contributed by atoms with Gasteiger partial charge in [0.1, 0.15) is 34.4 Å². The third-order valence-electron chi connectivity index (χ3n) is 14.1. The molecule has 16 nitrogen and oxygen atoms in total. The lowest BCUT2D eigenvalue weighted by Crippen LogP contribution is -2.63. The summed E-state index contributed by atoms with van der Waals surface area (Å²) in [6, 6.07) is 5.90. The molecule has 4 aliphatic heterocycles. The Morgan fingerprint density at radius 1 is 0.708 bits per heavy atom. The summed E-state index contributed by atoms with van der Waals surface area (Å²) in [4.78, 5) is 80.3. The molecular weight excluding hydrogens is 861 g/mol. The molecule has 2 saturated heterocycles. The molecule has 2 aromatic carbocycles. The lowest BCUT2D eigenvalue weighted by atomic mass is 9.68. The summed E-state index contributed by atoms with van der Waals surface area (Å²) in [7, 11) is 0. The summed E-state index contributed by atoms with van der Waals surface area (Å²) in [5, 5.41) is 25.9. The van der Waals surface area contributed by atoms with Crippen LogP contribution >= 0.6 is 0 Å². The van der Waals surface area contributed by atoms with E-state index in [2.05, 4.69) is 24.5 Å². The number of aromatic nitrogens is 2. The molecule has 2 bridgehead atoms. The van der Waals surface area contributed by atoms with Crippen molar-refractivity contribution >= 4 is 23.6 Å². The van der Waals surface area contributed by atoms with Crippen LogP contribution in [0.25, 0.3) is 0 Å². The zero-order valence-electron chi connectivity index (χ0n) is 34.9. The van der Waals surface area contributed by atoms with Crippen molar-refractivity contribution in [2.24, 2.45) is 17.3 Å². The molecule has 5 fully saturated rings. The highest BCUT2D eigenvalue weighted by Gasteiger charge is 2.74. The van der Waals surface area contributed by atoms with Crippen molar-refractivity contribution in [1.82, 2.24) is 29.6 Å². The lowest BCUT2D eigenvalue weighted by Gasteiger charge is -2.54. The Balaban J connectivity index is 0.000000153. The topological polar surface area (TPSA) is 202 Å². The van der Waals surface area contributed by atoms with E-state index < -0.39 is 81.7 Å². The van der Waals surface area contributed by atoms with Crippen LogP contribution in [-0.2, 0) is 35.7 Å². The zero-order chi connectivity index (χ0) is 46.0. The van der Waals surface area contributed by atoms with Gasteiger partial charge in [-0.3, -0.25) is 28.8 Å². The van der Waals surface area contributed by atoms with Crippen molar-refractivity contribution in [1.29, 1.82) is 0 Å². The number of hydrogen-bond donors (Lipinski definition) is 4. The van der Waals surface area contributed by atoms with Gasteiger partial charge in [0.05, 0.1) is 25.3 Å². The van der Waals surface area contributed by atoms with E-state index in [4.69, 9.17) is 9.47 Å². The predicted molar refractivity (Wildman–Crippen MR) is 216 cm³/mol. The molecular formula is C45H42F4N6O10. The summed E-state index contributed by atoms with van der Waals surface area (Å²) >= 11 is 0. The van der Waals surface area contributed by atoms with Gasteiger partial charge < -0.3 is 49.3 Å². The Morgan fingerprint density at radius 2 is 1.22 bits per heavy atom. The van der Waals surface area contributed by atoms with E-state index in [1.165, 1.54) is 33.7 Å². The number of nitrogens with zero attached hydrogens (tertiary/aromatic N) is 4. The van der Waals surface area contributed by atoms with Crippen LogP contribution in [0.4, 0.5) is 17.6 Å². The molecule has 4 N–H and O–H groups in total. The molecule has 3 aliphatic carbocycles. The minimum Gasteiger partial charge on any atom is -0.503 e. The number of benzene rings is 2. The largest absolute Gasteiger partial charge is 0.503 e. The van der Waals surface area contributed by atoms with Gasteiger partial charge in [-0.1, -0.05) is 26.0 Å². The van der Waals surface area contributed by atoms with Gasteiger partial charge in [0.2, 0.25) is 10.9 Å². The van der Waals surface area contributed by atoms with Gasteiger partial charge in [0.25, 0.3) is 23.6 Å². The summed E-state index contributed by atoms with van der Waals surface area (Å²) in [6.07, 6.45) is 4.84. The highest BCUT2D eigenvalue weighted by molar-refractivity contribution is 6.00. The second-order valence-electron chi connectivity index (χ2n) is 18.1. The fraction of sp³-hybridized carbons (Fsp3) is 0.422. The van der Waals surface area contributed by atoms with Crippen LogP contribution in [0.15, 0.2) is 58.4 Å². The van der Waals surface area contributed by atoms with Crippen molar-refractivity contribution in [2.75, 3.05) is 0 Å². The first-order valence-electron chi connectivity index (χ1n) is 21.3. The molecule has 3 saturated carbocycles. The summed E-state index contributed by atoms with van der Waals surface area (Å²) in [6.45, 7) is 3.96. The minimum atomic E-state index is -0.990. The Bertz CT molecular complexity index is 2870. The summed E-state index contributed by atoms with van der Waals surface area (Å²) < 4.78 is 68.8. The maximum absolute atomic E-state index is 13.8. The minimum absolute atomic E-state index is 0.000879. The number of aromatic hydroxyl groups is 2. The molecule has 4 amide bonds. The number of hydrogen-bond acceptors (Lipinski definition) is 10. The van der Waals surface area contributed by atoms with Crippen molar-refractivity contribution in [3.05, 3.63) is 126 Å². The van der Waals surface area contributed by atoms with Gasteiger partial charge in [-0.2, -0.15) is 0 Å². The number of carbonyl (C=O) groups is 4. The number of nitrogens with one attached hydrogen (secondary N) is 2. The molecule has 9 atom stereocenters. The van der Waals surface area contributed by atoms with Crippen LogP contribution < -0.4 is 21.5 Å². The molecule has 20 heteroatoms. The average Bonchev–Trinajstić information content (AvgIpc) is 3.94. The van der Waals surface area contributed by atoms with Gasteiger partial charge in [0.15, 0.2) is 35.3 Å². The van der Waals surface area contributed by atoms with E-state index in [-0.39, 0.29) is 89.5 Å². The van der Waals surface area contributed by atoms with Crippen LogP contribution in [0.1, 0.15) is 92.4 Å². The van der Waals surface area contributed by atoms with Gasteiger partial charge >= 0.3 is 0 Å². The molecule has 6 heterocycles. The zero-order valence-corrected chi connectivity index (χ0v) is 34.9. The van der Waals surface area contributed by atoms with E-state index in [0.717, 1.165) is 37.8 Å². The van der Waals surface area contributed by atoms with Crippen LogP contribution in [0.2, 0.25) is 0 Å². The number of carbonyl (C=O) groups excluding carboxylic acids is 4. The van der Waals surface area contributed by atoms with Crippen LogP contribution in [0.3, 0.4) is 0 Å². The summed E-state index contributed by atoms with van der Waals surface area (Å²) in [5.74, 6) is -6.74. The number of amides is 4. The van der Waals surface area contributed by atoms with Crippen molar-refractivity contribution in [3.8, 4) is 11.5 Å². The van der Waals surface area contributed by atoms with E-state index in [0.29, 0.717) is 24.0 Å². The normalized spacial score (nSPS) is 28.5. The Kier molecular flexibility index (Phi) is 9.98. The number of ether oxygens (including phenoxy) is 2. The molecule has 3 unspecified atom stereocenters. The number of pyridine rings is 2. The van der Waals surface area contributed by atoms with Crippen LogP contribution in [-0.4, -0.2) is 89.5 Å². The maximum Gasteiger partial charge on any atom is 0.276 e. The first-order chi connectivity index (χ1) is 30.9. The van der Waals surface area contributed by atoms with Gasteiger partial charge in [-0.15, -0.1) is 0 Å². The van der Waals surface area contributed by atoms with E-state index in [9.17, 15) is 56.5 Å². The van der Waals surface area contributed by atoms with Crippen molar-refractivity contribution in [3.63, 3.8) is 0 Å². The highest BCUT2D eigenvalue weighted by atomic mass is 19.1. The smallest absolute Gasteiger partial charge is 0.276 e. The van der Waals surface area contributed by atoms with Gasteiger partial charge in [-0.05, 0) is 49.7 Å². The second-order valence-corrected chi connectivity index (χ2v) is 18.1. The van der Waals surface area contributed by atoms with E-state index in [1.807, 2.05) is 0 Å². The number of halogens is 4. The third kappa shape index (κ3) is 6.78. The predicted octanol–water partition coefficient (Wildman–Crippen LogP) is 3.48. The fourth-order valence-corrected chi connectivity index (χ4v) is 10.9. The number of rotatable bonds is 6. The van der Waals surface area contributed by atoms with Crippen molar-refractivity contribution < 1.29 is 56.4 Å². The molecule has 7 aliphatic rings. The van der Waals surface area contributed by atoms with Gasteiger partial charge in [-0.25, -0.2) is 17.6 Å². The summed E-state index contributed by atoms with van der Waals surface area (Å²) in [5.41, 5.74) is -3.00. The van der Waals surface area contributed by atoms with Gasteiger partial charge in [0, 0.05) is 66.2 Å². The molecule has 4 aromatic rings. The lowest BCUT2D eigenvalue weighted by molar-refractivity contribution is -0.220. The molecule has 11 rings (SSSR count).